The van der Waals surface area contributed by atoms with Crippen molar-refractivity contribution in [3.05, 3.63) is 20.3 Å². The summed E-state index contributed by atoms with van der Waals surface area (Å²) < 4.78 is 5.28. The molecule has 76 valence electrons. The van der Waals surface area contributed by atoms with E-state index >= 15 is 0 Å². The number of carbonyl (C=O) groups is 1. The normalized spacial score (nSPS) is 15.3. The summed E-state index contributed by atoms with van der Waals surface area (Å²) in [5.74, 6) is -0.0885. The number of ether oxygens (including phenoxy) is 1. The van der Waals surface area contributed by atoms with Crippen LogP contribution >= 0.6 is 22.9 Å². The second-order valence-corrected chi connectivity index (χ2v) is 4.56. The lowest BCUT2D eigenvalue weighted by Gasteiger charge is -2.11. The zero-order valence-corrected chi connectivity index (χ0v) is 9.08. The number of thiophene rings is 1. The molecular weight excluding hydrogens is 222 g/mol. The summed E-state index contributed by atoms with van der Waals surface area (Å²) >= 11 is 7.52. The number of hydrogen-bond acceptors (Lipinski definition) is 4. The van der Waals surface area contributed by atoms with Gasteiger partial charge >= 0.3 is 0 Å². The summed E-state index contributed by atoms with van der Waals surface area (Å²) in [6.07, 6.45) is 0.845. The van der Waals surface area contributed by atoms with E-state index in [0.717, 1.165) is 16.9 Å². The number of rotatable bonds is 2. The second-order valence-electron chi connectivity index (χ2n) is 3.08. The van der Waals surface area contributed by atoms with Crippen LogP contribution in [0.3, 0.4) is 0 Å². The highest BCUT2D eigenvalue weighted by Crippen LogP contribution is 2.35. The molecule has 1 aliphatic rings. The van der Waals surface area contributed by atoms with E-state index in [1.54, 1.807) is 0 Å². The van der Waals surface area contributed by atoms with E-state index < -0.39 is 0 Å². The highest BCUT2D eigenvalue weighted by molar-refractivity contribution is 7.15. The van der Waals surface area contributed by atoms with Gasteiger partial charge < -0.3 is 10.5 Å². The summed E-state index contributed by atoms with van der Waals surface area (Å²) in [6.45, 7) is 1.24. The van der Waals surface area contributed by atoms with E-state index in [9.17, 15) is 4.79 Å². The summed E-state index contributed by atoms with van der Waals surface area (Å²) in [6, 6.07) is 0. The molecular formula is C9H10ClNO2S. The molecule has 1 aromatic rings. The zero-order valence-electron chi connectivity index (χ0n) is 7.51. The van der Waals surface area contributed by atoms with Crippen LogP contribution in [0.2, 0.25) is 5.02 Å². The van der Waals surface area contributed by atoms with Gasteiger partial charge in [-0.1, -0.05) is 11.6 Å². The van der Waals surface area contributed by atoms with Crippen LogP contribution in [-0.2, 0) is 17.8 Å². The van der Waals surface area contributed by atoms with E-state index in [1.165, 1.54) is 11.3 Å². The molecule has 0 radical (unpaired) electrons. The fourth-order valence-electron chi connectivity index (χ4n) is 1.45. The van der Waals surface area contributed by atoms with Gasteiger partial charge in [-0.25, -0.2) is 0 Å². The van der Waals surface area contributed by atoms with Gasteiger partial charge in [0.15, 0.2) is 5.78 Å². The average molecular weight is 232 g/mol. The van der Waals surface area contributed by atoms with Gasteiger partial charge in [-0.3, -0.25) is 4.79 Å². The Hall–Kier alpha value is -0.420. The molecule has 2 rings (SSSR count). The molecule has 14 heavy (non-hydrogen) atoms. The highest BCUT2D eigenvalue weighted by atomic mass is 35.5. The van der Waals surface area contributed by atoms with Crippen LogP contribution in [0.5, 0.6) is 0 Å². The van der Waals surface area contributed by atoms with Crippen LogP contribution in [0, 0.1) is 0 Å². The highest BCUT2D eigenvalue weighted by Gasteiger charge is 2.22. The van der Waals surface area contributed by atoms with Crippen molar-refractivity contribution in [2.75, 3.05) is 13.2 Å². The molecule has 0 aromatic carbocycles. The Morgan fingerprint density at radius 3 is 3.07 bits per heavy atom. The van der Waals surface area contributed by atoms with E-state index in [0.29, 0.717) is 23.1 Å². The topological polar surface area (TPSA) is 52.3 Å². The molecule has 0 spiro atoms. The van der Waals surface area contributed by atoms with Gasteiger partial charge in [0.1, 0.15) is 0 Å². The van der Waals surface area contributed by atoms with E-state index in [4.69, 9.17) is 22.1 Å². The van der Waals surface area contributed by atoms with Crippen molar-refractivity contribution < 1.29 is 9.53 Å². The van der Waals surface area contributed by atoms with Crippen molar-refractivity contribution in [1.29, 1.82) is 0 Å². The van der Waals surface area contributed by atoms with Crippen LogP contribution < -0.4 is 5.73 Å². The molecule has 0 fully saturated rings. The first-order valence-corrected chi connectivity index (χ1v) is 5.54. The van der Waals surface area contributed by atoms with Gasteiger partial charge in [0.25, 0.3) is 0 Å². The SMILES string of the molecule is NCC(=O)c1sc2c(c1Cl)COCC2. The third-order valence-electron chi connectivity index (χ3n) is 2.18. The zero-order chi connectivity index (χ0) is 10.1. The third kappa shape index (κ3) is 1.59. The number of Topliss-reactive ketones (excluding diaryl/α,β-unsaturated/α-hetero) is 1. The first-order chi connectivity index (χ1) is 6.74. The minimum Gasteiger partial charge on any atom is -0.376 e. The van der Waals surface area contributed by atoms with Crippen molar-refractivity contribution in [3.63, 3.8) is 0 Å². The van der Waals surface area contributed by atoms with Gasteiger partial charge in [0.05, 0.1) is 29.7 Å². The average Bonchev–Trinajstić information content (AvgIpc) is 2.56. The predicted octanol–water partition coefficient (Wildman–Crippen LogP) is 1.62. The number of carbonyl (C=O) groups excluding carboxylic acids is 1. The summed E-state index contributed by atoms with van der Waals surface area (Å²) in [7, 11) is 0. The van der Waals surface area contributed by atoms with Gasteiger partial charge in [-0.05, 0) is 0 Å². The molecule has 1 aromatic heterocycles. The summed E-state index contributed by atoms with van der Waals surface area (Å²) in [5.41, 5.74) is 6.27. The van der Waals surface area contributed by atoms with Gasteiger partial charge in [-0.2, -0.15) is 0 Å². The largest absolute Gasteiger partial charge is 0.376 e. The molecule has 2 N–H and O–H groups in total. The maximum atomic E-state index is 11.4. The molecule has 0 bridgehead atoms. The lowest BCUT2D eigenvalue weighted by molar-refractivity contribution is 0.100. The molecule has 0 unspecified atom stereocenters. The van der Waals surface area contributed by atoms with Crippen LogP contribution in [0.1, 0.15) is 20.1 Å². The molecule has 0 saturated heterocycles. The maximum absolute atomic E-state index is 11.4. The fourth-order valence-corrected chi connectivity index (χ4v) is 3.02. The number of ketones is 1. The van der Waals surface area contributed by atoms with Crippen molar-refractivity contribution in [3.8, 4) is 0 Å². The minimum atomic E-state index is -0.0885. The molecule has 3 nitrogen and oxygen atoms in total. The van der Waals surface area contributed by atoms with Gasteiger partial charge in [-0.15, -0.1) is 11.3 Å². The van der Waals surface area contributed by atoms with Crippen LogP contribution in [0.15, 0.2) is 0 Å². The van der Waals surface area contributed by atoms with Gasteiger partial charge in [0.2, 0.25) is 0 Å². The lowest BCUT2D eigenvalue weighted by Crippen LogP contribution is -2.12. The molecule has 0 atom stereocenters. The molecule has 5 heteroatoms. The molecule has 0 saturated carbocycles. The first-order valence-electron chi connectivity index (χ1n) is 4.35. The van der Waals surface area contributed by atoms with Crippen molar-refractivity contribution in [2.24, 2.45) is 5.73 Å². The number of hydrogen-bond donors (Lipinski definition) is 1. The van der Waals surface area contributed by atoms with Crippen molar-refractivity contribution in [1.82, 2.24) is 0 Å². The Morgan fingerprint density at radius 1 is 1.64 bits per heavy atom. The second kappa shape index (κ2) is 3.98. The van der Waals surface area contributed by atoms with E-state index in [2.05, 4.69) is 0 Å². The Morgan fingerprint density at radius 2 is 2.43 bits per heavy atom. The first kappa shape index (κ1) is 10.1. The number of nitrogens with two attached hydrogens (primary N) is 1. The van der Waals surface area contributed by atoms with Crippen LogP contribution in [0.4, 0.5) is 0 Å². The summed E-state index contributed by atoms with van der Waals surface area (Å²) in [5, 5.41) is 0.542. The smallest absolute Gasteiger partial charge is 0.187 e. The lowest BCUT2D eigenvalue weighted by atomic mass is 10.1. The van der Waals surface area contributed by atoms with Crippen molar-refractivity contribution in [2.45, 2.75) is 13.0 Å². The van der Waals surface area contributed by atoms with Crippen molar-refractivity contribution >= 4 is 28.7 Å². The predicted molar refractivity (Wildman–Crippen MR) is 56.1 cm³/mol. The molecule has 1 aliphatic heterocycles. The quantitative estimate of drug-likeness (QED) is 0.787. The molecule has 2 heterocycles. The standard InChI is InChI=1S/C9H10ClNO2S/c10-8-5-4-13-2-1-7(5)14-9(8)6(12)3-11/h1-4,11H2. The number of fused-ring (bicyclic) bond motifs is 1. The Balaban J connectivity index is 2.43. The molecule has 0 amide bonds. The van der Waals surface area contributed by atoms with E-state index in [-0.39, 0.29) is 12.3 Å². The third-order valence-corrected chi connectivity index (χ3v) is 4.05. The molecule has 0 aliphatic carbocycles. The monoisotopic (exact) mass is 231 g/mol. The Kier molecular flexibility index (Phi) is 2.88. The fraction of sp³-hybridized carbons (Fsp3) is 0.444. The summed E-state index contributed by atoms with van der Waals surface area (Å²) in [4.78, 5) is 13.2. The Bertz CT molecular complexity index is 375. The Labute approximate surface area is 90.8 Å². The van der Waals surface area contributed by atoms with Gasteiger partial charge in [0, 0.05) is 16.9 Å². The van der Waals surface area contributed by atoms with E-state index in [1.807, 2.05) is 0 Å². The van der Waals surface area contributed by atoms with Crippen LogP contribution in [-0.4, -0.2) is 18.9 Å². The maximum Gasteiger partial charge on any atom is 0.187 e. The van der Waals surface area contributed by atoms with Crippen LogP contribution in [0.25, 0.3) is 0 Å². The minimum absolute atomic E-state index is 0.0139. The number of halogens is 1.